The lowest BCUT2D eigenvalue weighted by Crippen LogP contribution is -2.24. The van der Waals surface area contributed by atoms with E-state index in [1.54, 1.807) is 0 Å². The first kappa shape index (κ1) is 20.6. The maximum absolute atomic E-state index is 8.80. The molecule has 4 nitrogen and oxygen atoms in total. The van der Waals surface area contributed by atoms with E-state index >= 15 is 0 Å². The smallest absolute Gasteiger partial charge is 0.124 e. The van der Waals surface area contributed by atoms with Gasteiger partial charge in [0.15, 0.2) is 0 Å². The molecule has 0 aliphatic rings. The van der Waals surface area contributed by atoms with Crippen LogP contribution in [-0.2, 0) is 13.2 Å². The summed E-state index contributed by atoms with van der Waals surface area (Å²) in [6.45, 7) is 3.87. The Bertz CT molecular complexity index is 868. The maximum atomic E-state index is 8.80. The van der Waals surface area contributed by atoms with Crippen molar-refractivity contribution in [1.29, 1.82) is 0 Å². The van der Waals surface area contributed by atoms with Crippen molar-refractivity contribution in [3.63, 3.8) is 0 Å². The molecule has 0 amide bonds. The van der Waals surface area contributed by atoms with Crippen LogP contribution >= 0.6 is 11.6 Å². The molecule has 0 saturated carbocycles. The van der Waals surface area contributed by atoms with Gasteiger partial charge in [-0.15, -0.1) is 0 Å². The summed E-state index contributed by atoms with van der Waals surface area (Å²) in [5.74, 6) is 0.902. The summed E-state index contributed by atoms with van der Waals surface area (Å²) in [6, 6.07) is 20.3. The molecule has 0 aromatic heterocycles. The van der Waals surface area contributed by atoms with Crippen molar-refractivity contribution < 1.29 is 9.84 Å². The minimum atomic E-state index is 0.178. The van der Waals surface area contributed by atoms with Gasteiger partial charge >= 0.3 is 0 Å². The molecule has 3 rings (SSSR count). The summed E-state index contributed by atoms with van der Waals surface area (Å²) in [6.07, 6.45) is 1.01. The molecule has 3 N–H and O–H groups in total. The molecule has 148 valence electrons. The van der Waals surface area contributed by atoms with Gasteiger partial charge in [-0.05, 0) is 54.0 Å². The zero-order valence-electron chi connectivity index (χ0n) is 16.0. The molecule has 28 heavy (non-hydrogen) atoms. The molecule has 0 aliphatic heterocycles. The van der Waals surface area contributed by atoms with Gasteiger partial charge in [-0.1, -0.05) is 54.1 Å². The predicted octanol–water partition coefficient (Wildman–Crippen LogP) is 4.13. The van der Waals surface area contributed by atoms with Crippen molar-refractivity contribution in [2.45, 2.75) is 19.6 Å². The van der Waals surface area contributed by atoms with Crippen LogP contribution in [0, 0.1) is 0 Å². The molecule has 3 aromatic rings. The number of hydrogen-bond donors (Lipinski definition) is 3. The third kappa shape index (κ3) is 5.94. The molecule has 5 heteroatoms. The van der Waals surface area contributed by atoms with E-state index < -0.39 is 0 Å². The van der Waals surface area contributed by atoms with Gasteiger partial charge in [0.25, 0.3) is 0 Å². The highest BCUT2D eigenvalue weighted by atomic mass is 35.5. The predicted molar refractivity (Wildman–Crippen MR) is 116 cm³/mol. The second-order valence-electron chi connectivity index (χ2n) is 6.68. The Balaban J connectivity index is 1.66. The first-order chi connectivity index (χ1) is 13.8. The fraction of sp³-hybridized carbons (Fsp3) is 0.304. The SMILES string of the molecule is OCCNCCCNCc1c(OCc2ccc(Cl)cc2)ccc2ccccc12. The fourth-order valence-corrected chi connectivity index (χ4v) is 3.26. The molecule has 0 heterocycles. The van der Waals surface area contributed by atoms with Crippen molar-refractivity contribution in [1.82, 2.24) is 10.6 Å². The van der Waals surface area contributed by atoms with Gasteiger partial charge in [0.05, 0.1) is 6.61 Å². The molecule has 0 spiro atoms. The zero-order valence-corrected chi connectivity index (χ0v) is 16.7. The van der Waals surface area contributed by atoms with E-state index in [-0.39, 0.29) is 6.61 Å². The maximum Gasteiger partial charge on any atom is 0.124 e. The second kappa shape index (κ2) is 11.0. The number of hydrogen-bond acceptors (Lipinski definition) is 4. The van der Waals surface area contributed by atoms with Crippen LogP contribution in [-0.4, -0.2) is 31.3 Å². The van der Waals surface area contributed by atoms with Crippen molar-refractivity contribution >= 4 is 22.4 Å². The van der Waals surface area contributed by atoms with E-state index in [9.17, 15) is 0 Å². The number of halogens is 1. The van der Waals surface area contributed by atoms with Crippen LogP contribution in [0.4, 0.5) is 0 Å². The Morgan fingerprint density at radius 3 is 2.46 bits per heavy atom. The molecule has 0 bridgehead atoms. The average Bonchev–Trinajstić information content (AvgIpc) is 2.73. The summed E-state index contributed by atoms with van der Waals surface area (Å²) in [5, 5.41) is 18.7. The van der Waals surface area contributed by atoms with Crippen LogP contribution in [0.5, 0.6) is 5.75 Å². The summed E-state index contributed by atoms with van der Waals surface area (Å²) in [4.78, 5) is 0. The number of ether oxygens (including phenoxy) is 1. The number of rotatable bonds is 11. The Labute approximate surface area is 171 Å². The van der Waals surface area contributed by atoms with Crippen molar-refractivity contribution in [2.75, 3.05) is 26.2 Å². The minimum Gasteiger partial charge on any atom is -0.489 e. The van der Waals surface area contributed by atoms with Crippen LogP contribution in [0.1, 0.15) is 17.5 Å². The minimum absolute atomic E-state index is 0.178. The van der Waals surface area contributed by atoms with Gasteiger partial charge in [0.1, 0.15) is 12.4 Å². The molecule has 0 unspecified atom stereocenters. The molecule has 0 radical (unpaired) electrons. The highest BCUT2D eigenvalue weighted by molar-refractivity contribution is 6.30. The topological polar surface area (TPSA) is 53.5 Å². The van der Waals surface area contributed by atoms with E-state index in [1.807, 2.05) is 24.3 Å². The van der Waals surface area contributed by atoms with E-state index in [2.05, 4.69) is 47.0 Å². The third-order valence-electron chi connectivity index (χ3n) is 4.60. The number of fused-ring (bicyclic) bond motifs is 1. The Morgan fingerprint density at radius 1 is 0.857 bits per heavy atom. The van der Waals surface area contributed by atoms with Crippen LogP contribution < -0.4 is 15.4 Å². The van der Waals surface area contributed by atoms with Crippen LogP contribution in [0.2, 0.25) is 5.02 Å². The first-order valence-corrected chi connectivity index (χ1v) is 10.1. The fourth-order valence-electron chi connectivity index (χ4n) is 3.13. The molecular weight excluding hydrogens is 372 g/mol. The van der Waals surface area contributed by atoms with Crippen LogP contribution in [0.15, 0.2) is 60.7 Å². The van der Waals surface area contributed by atoms with Gasteiger partial charge in [0, 0.05) is 23.7 Å². The Hall–Kier alpha value is -2.11. The summed E-state index contributed by atoms with van der Waals surface area (Å²) in [7, 11) is 0. The molecule has 0 atom stereocenters. The molecule has 0 saturated heterocycles. The van der Waals surface area contributed by atoms with Gasteiger partial charge in [0.2, 0.25) is 0 Å². The summed E-state index contributed by atoms with van der Waals surface area (Å²) >= 11 is 5.96. The zero-order chi connectivity index (χ0) is 19.6. The lowest BCUT2D eigenvalue weighted by atomic mass is 10.0. The number of benzene rings is 3. The van der Waals surface area contributed by atoms with E-state index in [4.69, 9.17) is 21.4 Å². The Morgan fingerprint density at radius 2 is 1.64 bits per heavy atom. The number of nitrogens with one attached hydrogen (secondary N) is 2. The van der Waals surface area contributed by atoms with Crippen molar-refractivity contribution in [3.8, 4) is 5.75 Å². The molecular formula is C23H27ClN2O2. The van der Waals surface area contributed by atoms with E-state index in [1.165, 1.54) is 16.3 Å². The highest BCUT2D eigenvalue weighted by Crippen LogP contribution is 2.29. The summed E-state index contributed by atoms with van der Waals surface area (Å²) < 4.78 is 6.16. The average molecular weight is 399 g/mol. The highest BCUT2D eigenvalue weighted by Gasteiger charge is 2.09. The van der Waals surface area contributed by atoms with Crippen LogP contribution in [0.25, 0.3) is 10.8 Å². The largest absolute Gasteiger partial charge is 0.489 e. The lowest BCUT2D eigenvalue weighted by Gasteiger charge is -2.15. The van der Waals surface area contributed by atoms with Crippen molar-refractivity contribution in [3.05, 3.63) is 76.8 Å². The van der Waals surface area contributed by atoms with E-state index in [0.717, 1.165) is 42.4 Å². The number of aliphatic hydroxyl groups excluding tert-OH is 1. The summed E-state index contributed by atoms with van der Waals surface area (Å²) in [5.41, 5.74) is 2.27. The van der Waals surface area contributed by atoms with Crippen molar-refractivity contribution in [2.24, 2.45) is 0 Å². The Kier molecular flexibility index (Phi) is 8.12. The first-order valence-electron chi connectivity index (χ1n) is 9.68. The molecule has 0 aliphatic carbocycles. The van der Waals surface area contributed by atoms with Gasteiger partial charge in [-0.2, -0.15) is 0 Å². The second-order valence-corrected chi connectivity index (χ2v) is 7.12. The third-order valence-corrected chi connectivity index (χ3v) is 4.85. The number of aliphatic hydroxyl groups is 1. The van der Waals surface area contributed by atoms with E-state index in [0.29, 0.717) is 13.2 Å². The van der Waals surface area contributed by atoms with Crippen LogP contribution in [0.3, 0.4) is 0 Å². The monoisotopic (exact) mass is 398 g/mol. The van der Waals surface area contributed by atoms with Gasteiger partial charge in [-0.25, -0.2) is 0 Å². The molecule has 0 fully saturated rings. The van der Waals surface area contributed by atoms with Gasteiger partial charge < -0.3 is 20.5 Å². The standard InChI is InChI=1S/C23H27ClN2O2/c24-20-9-6-18(7-10-20)17-28-23-11-8-19-4-1-2-5-21(19)22(23)16-26-13-3-12-25-14-15-27/h1-2,4-11,25-27H,3,12-17H2. The van der Waals surface area contributed by atoms with Gasteiger partial charge in [-0.3, -0.25) is 0 Å². The quantitative estimate of drug-likeness (QED) is 0.425. The lowest BCUT2D eigenvalue weighted by molar-refractivity contribution is 0.292. The normalized spacial score (nSPS) is 11.1. The molecule has 3 aromatic carbocycles.